The summed E-state index contributed by atoms with van der Waals surface area (Å²) in [5, 5.41) is 6.16. The molecule has 1 saturated heterocycles. The van der Waals surface area contributed by atoms with Crippen molar-refractivity contribution in [2.24, 2.45) is 0 Å². The van der Waals surface area contributed by atoms with Gasteiger partial charge in [0.15, 0.2) is 0 Å². The Morgan fingerprint density at radius 2 is 1.71 bits per heavy atom. The molecule has 1 aromatic rings. The molecule has 1 aliphatic heterocycles. The van der Waals surface area contributed by atoms with E-state index in [0.717, 1.165) is 31.5 Å². The van der Waals surface area contributed by atoms with Crippen molar-refractivity contribution in [3.8, 4) is 0 Å². The topological polar surface area (TPSA) is 61.4 Å². The van der Waals surface area contributed by atoms with Crippen molar-refractivity contribution in [1.82, 2.24) is 15.5 Å². The maximum atomic E-state index is 12.1. The van der Waals surface area contributed by atoms with Crippen LogP contribution in [0.1, 0.15) is 46.1 Å². The second kappa shape index (κ2) is 7.34. The number of carbonyl (C=O) groups excluding carboxylic acids is 2. The van der Waals surface area contributed by atoms with Crippen molar-refractivity contribution < 1.29 is 9.59 Å². The summed E-state index contributed by atoms with van der Waals surface area (Å²) in [5.74, 6) is 0.0343. The lowest BCUT2D eigenvalue weighted by atomic mass is 9.80. The van der Waals surface area contributed by atoms with E-state index in [1.807, 2.05) is 39.0 Å². The Morgan fingerprint density at radius 3 is 2.21 bits per heavy atom. The predicted molar refractivity (Wildman–Crippen MR) is 95.5 cm³/mol. The van der Waals surface area contributed by atoms with Gasteiger partial charge in [-0.2, -0.15) is 0 Å². The minimum atomic E-state index is -0.329. The number of piperidine rings is 1. The monoisotopic (exact) mass is 331 g/mol. The third kappa shape index (κ3) is 5.06. The Balaban J connectivity index is 2.02. The molecule has 24 heavy (non-hydrogen) atoms. The van der Waals surface area contributed by atoms with Gasteiger partial charge in [0.05, 0.1) is 12.1 Å². The van der Waals surface area contributed by atoms with Gasteiger partial charge in [0.2, 0.25) is 11.8 Å². The van der Waals surface area contributed by atoms with Crippen LogP contribution < -0.4 is 10.6 Å². The van der Waals surface area contributed by atoms with E-state index in [-0.39, 0.29) is 22.9 Å². The van der Waals surface area contributed by atoms with Gasteiger partial charge in [-0.25, -0.2) is 0 Å². The van der Waals surface area contributed by atoms with E-state index in [1.165, 1.54) is 0 Å². The average molecular weight is 331 g/mol. The van der Waals surface area contributed by atoms with Crippen LogP contribution in [0.3, 0.4) is 0 Å². The highest BCUT2D eigenvalue weighted by Gasteiger charge is 2.37. The lowest BCUT2D eigenvalue weighted by Crippen LogP contribution is -2.54. The number of nitrogens with one attached hydrogen (secondary N) is 2. The lowest BCUT2D eigenvalue weighted by molar-refractivity contribution is -0.125. The minimum absolute atomic E-state index is 0.0159. The normalized spacial score (nSPS) is 18.0. The third-order valence-corrected chi connectivity index (χ3v) is 4.33. The first-order chi connectivity index (χ1) is 11.2. The quantitative estimate of drug-likeness (QED) is 0.887. The summed E-state index contributed by atoms with van der Waals surface area (Å²) in [4.78, 5) is 26.0. The fourth-order valence-corrected chi connectivity index (χ4v) is 3.33. The van der Waals surface area contributed by atoms with Gasteiger partial charge >= 0.3 is 0 Å². The summed E-state index contributed by atoms with van der Waals surface area (Å²) in [6.45, 7) is 9.49. The molecular weight excluding hydrogens is 302 g/mol. The maximum absolute atomic E-state index is 12.1. The van der Waals surface area contributed by atoms with E-state index in [9.17, 15) is 9.59 Å². The first-order valence-electron chi connectivity index (χ1n) is 8.58. The first kappa shape index (κ1) is 18.5. The van der Waals surface area contributed by atoms with E-state index in [1.54, 1.807) is 6.92 Å². The van der Waals surface area contributed by atoms with Crippen LogP contribution in [0.25, 0.3) is 0 Å². The molecule has 2 amide bonds. The molecule has 0 saturated carbocycles. The summed E-state index contributed by atoms with van der Waals surface area (Å²) in [7, 11) is 0. The van der Waals surface area contributed by atoms with Gasteiger partial charge in [0.25, 0.3) is 0 Å². The number of hydrogen-bond donors (Lipinski definition) is 2. The predicted octanol–water partition coefficient (Wildman–Crippen LogP) is 2.03. The molecule has 0 unspecified atom stereocenters. The summed E-state index contributed by atoms with van der Waals surface area (Å²) < 4.78 is 0. The van der Waals surface area contributed by atoms with Crippen molar-refractivity contribution in [2.75, 3.05) is 19.6 Å². The van der Waals surface area contributed by atoms with Gasteiger partial charge in [-0.3, -0.25) is 14.5 Å². The van der Waals surface area contributed by atoms with Crippen LogP contribution in [0.4, 0.5) is 0 Å². The van der Waals surface area contributed by atoms with Gasteiger partial charge in [-0.1, -0.05) is 30.3 Å². The van der Waals surface area contributed by atoms with Crippen molar-refractivity contribution in [3.05, 3.63) is 35.9 Å². The molecule has 0 aromatic heterocycles. The largest absolute Gasteiger partial charge is 0.350 e. The molecule has 5 nitrogen and oxygen atoms in total. The van der Waals surface area contributed by atoms with Gasteiger partial charge in [-0.05, 0) is 39.2 Å². The standard InChI is InChI=1S/C19H29N3O2/c1-15(23)20-19(16-8-6-5-7-9-16)10-12-22(13-11-19)14-17(24)21-18(2,3)4/h5-9H,10-14H2,1-4H3,(H,20,23)(H,21,24). The highest BCUT2D eigenvalue weighted by Crippen LogP contribution is 2.32. The van der Waals surface area contributed by atoms with E-state index in [0.29, 0.717) is 6.54 Å². The van der Waals surface area contributed by atoms with E-state index >= 15 is 0 Å². The molecule has 0 bridgehead atoms. The molecule has 0 atom stereocenters. The molecule has 132 valence electrons. The van der Waals surface area contributed by atoms with Crippen molar-refractivity contribution in [2.45, 2.75) is 51.6 Å². The van der Waals surface area contributed by atoms with Crippen molar-refractivity contribution in [3.63, 3.8) is 0 Å². The van der Waals surface area contributed by atoms with Gasteiger partial charge < -0.3 is 10.6 Å². The minimum Gasteiger partial charge on any atom is -0.350 e. The van der Waals surface area contributed by atoms with E-state index in [4.69, 9.17) is 0 Å². The van der Waals surface area contributed by atoms with Crippen LogP contribution in [0, 0.1) is 0 Å². The highest BCUT2D eigenvalue weighted by atomic mass is 16.2. The number of likely N-dealkylation sites (tertiary alicyclic amines) is 1. The number of carbonyl (C=O) groups is 2. The molecule has 0 aliphatic carbocycles. The zero-order valence-electron chi connectivity index (χ0n) is 15.2. The average Bonchev–Trinajstić information content (AvgIpc) is 2.48. The van der Waals surface area contributed by atoms with Crippen LogP contribution in [0.15, 0.2) is 30.3 Å². The van der Waals surface area contributed by atoms with Crippen molar-refractivity contribution in [1.29, 1.82) is 0 Å². The van der Waals surface area contributed by atoms with E-state index in [2.05, 4.69) is 27.7 Å². The molecular formula is C19H29N3O2. The molecule has 1 heterocycles. The maximum Gasteiger partial charge on any atom is 0.234 e. The van der Waals surface area contributed by atoms with E-state index < -0.39 is 0 Å². The SMILES string of the molecule is CC(=O)NC1(c2ccccc2)CCN(CC(=O)NC(C)(C)C)CC1. The third-order valence-electron chi connectivity index (χ3n) is 4.33. The molecule has 1 fully saturated rings. The molecule has 0 spiro atoms. The number of rotatable bonds is 4. The zero-order valence-corrected chi connectivity index (χ0v) is 15.2. The summed E-state index contributed by atoms with van der Waals surface area (Å²) in [6.07, 6.45) is 1.61. The van der Waals surface area contributed by atoms with Gasteiger partial charge in [0.1, 0.15) is 0 Å². The summed E-state index contributed by atoms with van der Waals surface area (Å²) in [6, 6.07) is 10.1. The van der Waals surface area contributed by atoms with Crippen molar-refractivity contribution >= 4 is 11.8 Å². The molecule has 5 heteroatoms. The Morgan fingerprint density at radius 1 is 1.12 bits per heavy atom. The Bertz CT molecular complexity index is 570. The zero-order chi connectivity index (χ0) is 17.8. The molecule has 0 radical (unpaired) electrons. The molecule has 2 N–H and O–H groups in total. The second-order valence-electron chi connectivity index (χ2n) is 7.70. The molecule has 1 aromatic carbocycles. The Labute approximate surface area is 144 Å². The van der Waals surface area contributed by atoms with Crippen LogP contribution >= 0.6 is 0 Å². The van der Waals surface area contributed by atoms with Gasteiger partial charge in [0, 0.05) is 25.6 Å². The number of nitrogens with zero attached hydrogens (tertiary/aromatic N) is 1. The summed E-state index contributed by atoms with van der Waals surface area (Å²) in [5.41, 5.74) is 0.597. The number of amides is 2. The smallest absolute Gasteiger partial charge is 0.234 e. The van der Waals surface area contributed by atoms with Crippen LogP contribution in [0.2, 0.25) is 0 Å². The molecule has 2 rings (SSSR count). The number of hydrogen-bond acceptors (Lipinski definition) is 3. The number of benzene rings is 1. The fourth-order valence-electron chi connectivity index (χ4n) is 3.33. The fraction of sp³-hybridized carbons (Fsp3) is 0.579. The Kier molecular flexibility index (Phi) is 5.65. The first-order valence-corrected chi connectivity index (χ1v) is 8.58. The lowest BCUT2D eigenvalue weighted by Gasteiger charge is -2.42. The summed E-state index contributed by atoms with van der Waals surface area (Å²) >= 11 is 0. The Hall–Kier alpha value is -1.88. The van der Waals surface area contributed by atoms with Crippen LogP contribution in [0.5, 0.6) is 0 Å². The molecule has 1 aliphatic rings. The van der Waals surface area contributed by atoms with Gasteiger partial charge in [-0.15, -0.1) is 0 Å². The second-order valence-corrected chi connectivity index (χ2v) is 7.70. The highest BCUT2D eigenvalue weighted by molar-refractivity contribution is 5.78. The van der Waals surface area contributed by atoms with Crippen LogP contribution in [-0.4, -0.2) is 41.9 Å². The van der Waals surface area contributed by atoms with Crippen LogP contribution in [-0.2, 0) is 15.1 Å².